The molecule has 1 unspecified atom stereocenters. The van der Waals surface area contributed by atoms with Crippen molar-refractivity contribution >= 4 is 107 Å². The van der Waals surface area contributed by atoms with Gasteiger partial charge in [0.25, 0.3) is 0 Å². The molecule has 1 atom stereocenters. The van der Waals surface area contributed by atoms with Crippen molar-refractivity contribution < 1.29 is 8.83 Å². The first-order valence-electron chi connectivity index (χ1n) is 23.0. The van der Waals surface area contributed by atoms with Crippen LogP contribution in [0.2, 0.25) is 0 Å². The Balaban J connectivity index is 1.06. The number of hydrogen-bond acceptors (Lipinski definition) is 4. The van der Waals surface area contributed by atoms with Crippen LogP contribution in [0.1, 0.15) is 70.7 Å². The Morgan fingerprint density at radius 3 is 2.06 bits per heavy atom. The standard InChI is InChI=1S/C59H49BN2O2S/c1-57(2,3)34-17-20-37(21-18-34)61-47-27-44-39-22-19-36(58(4,5)6)26-51(39)64-52(44)29-42(47)40-23-24-41-43-30-53-45(38-15-11-12-16-50(38)63-53)28-48(43)62-49-31-54-33(25-46(49)60-55(40)56(41)62)32-59(7,65-54)35-13-9-8-10-14-35/h8-31,60-61H,32H2,1-7H3. The molecule has 0 bridgehead atoms. The summed E-state index contributed by atoms with van der Waals surface area (Å²) in [5, 5.41) is 10.9. The number of fused-ring (bicyclic) bond motifs is 12. The van der Waals surface area contributed by atoms with Gasteiger partial charge in [-0.15, -0.1) is 11.8 Å². The summed E-state index contributed by atoms with van der Waals surface area (Å²) in [6, 6.07) is 54.2. The van der Waals surface area contributed by atoms with Crippen LogP contribution in [0, 0.1) is 0 Å². The quantitative estimate of drug-likeness (QED) is 0.179. The van der Waals surface area contributed by atoms with Gasteiger partial charge in [0.1, 0.15) is 22.3 Å². The van der Waals surface area contributed by atoms with E-state index in [2.05, 4.69) is 204 Å². The van der Waals surface area contributed by atoms with Gasteiger partial charge in [-0.05, 0) is 112 Å². The number of nitrogens with zero attached hydrogens (tertiary/aromatic N) is 1. The minimum Gasteiger partial charge on any atom is -0.456 e. The highest BCUT2D eigenvalue weighted by Crippen LogP contribution is 2.52. The third kappa shape index (κ3) is 5.92. The summed E-state index contributed by atoms with van der Waals surface area (Å²) in [6.45, 7) is 16.0. The second-order valence-electron chi connectivity index (χ2n) is 20.8. The largest absolute Gasteiger partial charge is 0.456 e. The minimum atomic E-state index is -0.0389. The van der Waals surface area contributed by atoms with Crippen LogP contribution in [-0.2, 0) is 22.0 Å². The first-order chi connectivity index (χ1) is 31.3. The molecule has 316 valence electrons. The van der Waals surface area contributed by atoms with E-state index >= 15 is 0 Å². The summed E-state index contributed by atoms with van der Waals surface area (Å²) in [7, 11) is 0.810. The molecule has 6 heteroatoms. The first-order valence-corrected chi connectivity index (χ1v) is 23.8. The van der Waals surface area contributed by atoms with E-state index in [0.717, 1.165) is 74.5 Å². The van der Waals surface area contributed by atoms with E-state index in [1.54, 1.807) is 0 Å². The SMILES string of the molecule is CC(C)(C)c1ccc(Nc2cc3c(cc2-c2ccc4c5cc6oc7ccccc7c6cc5n5c4c2Bc2cc4c(cc2-5)SC(C)(c2ccccc2)C4)oc2cc(C(C)(C)C)ccc23)cc1. The van der Waals surface area contributed by atoms with Crippen molar-refractivity contribution in [3.05, 3.63) is 168 Å². The highest BCUT2D eigenvalue weighted by atomic mass is 32.2. The maximum absolute atomic E-state index is 6.84. The van der Waals surface area contributed by atoms with Crippen molar-refractivity contribution in [2.24, 2.45) is 0 Å². The fraction of sp³-hybridized carbons (Fsp3) is 0.186. The lowest BCUT2D eigenvalue weighted by atomic mass is 9.58. The maximum atomic E-state index is 6.84. The smallest absolute Gasteiger partial charge is 0.198 e. The molecule has 0 saturated heterocycles. The van der Waals surface area contributed by atoms with Crippen molar-refractivity contribution in [3.63, 3.8) is 0 Å². The van der Waals surface area contributed by atoms with E-state index < -0.39 is 0 Å². The molecule has 0 amide bonds. The molecule has 0 fully saturated rings. The lowest BCUT2D eigenvalue weighted by Crippen LogP contribution is -2.37. The van der Waals surface area contributed by atoms with Crippen LogP contribution in [0.4, 0.5) is 11.4 Å². The van der Waals surface area contributed by atoms with Gasteiger partial charge in [0.2, 0.25) is 0 Å². The van der Waals surface area contributed by atoms with Gasteiger partial charge >= 0.3 is 0 Å². The maximum Gasteiger partial charge on any atom is 0.198 e. The summed E-state index contributed by atoms with van der Waals surface area (Å²) in [4.78, 5) is 1.37. The molecule has 2 aliphatic heterocycles. The number of furan rings is 2. The Bertz CT molecular complexity index is 3800. The van der Waals surface area contributed by atoms with Gasteiger partial charge in [-0.25, -0.2) is 0 Å². The van der Waals surface area contributed by atoms with Crippen LogP contribution in [0.5, 0.6) is 0 Å². The Hall–Kier alpha value is -6.63. The molecule has 0 radical (unpaired) electrons. The molecule has 1 N–H and O–H groups in total. The molecule has 4 nitrogen and oxygen atoms in total. The van der Waals surface area contributed by atoms with E-state index in [0.29, 0.717) is 0 Å². The highest BCUT2D eigenvalue weighted by Gasteiger charge is 2.38. The third-order valence-electron chi connectivity index (χ3n) is 14.4. The molecule has 5 heterocycles. The van der Waals surface area contributed by atoms with Gasteiger partial charge < -0.3 is 18.7 Å². The number of nitrogens with one attached hydrogen (secondary N) is 1. The van der Waals surface area contributed by atoms with Crippen LogP contribution in [-0.4, -0.2) is 11.8 Å². The van der Waals surface area contributed by atoms with Crippen LogP contribution >= 0.6 is 11.8 Å². The van der Waals surface area contributed by atoms with E-state index in [1.807, 2.05) is 11.8 Å². The normalized spacial score (nSPS) is 16.0. The average Bonchev–Trinajstić information content (AvgIpc) is 4.03. The molecule has 0 aliphatic carbocycles. The minimum absolute atomic E-state index is 0.00567. The molecule has 0 saturated carbocycles. The second-order valence-corrected chi connectivity index (χ2v) is 22.4. The molecule has 13 rings (SSSR count). The van der Waals surface area contributed by atoms with E-state index in [9.17, 15) is 0 Å². The number of aromatic nitrogens is 1. The van der Waals surface area contributed by atoms with Crippen LogP contribution in [0.3, 0.4) is 0 Å². The molecule has 11 aromatic rings. The summed E-state index contributed by atoms with van der Waals surface area (Å²) < 4.78 is 15.9. The number of para-hydroxylation sites is 1. The van der Waals surface area contributed by atoms with Crippen molar-refractivity contribution in [2.45, 2.75) is 75.4 Å². The first kappa shape index (κ1) is 38.8. The average molecular weight is 861 g/mol. The molecular weight excluding hydrogens is 812 g/mol. The molecule has 65 heavy (non-hydrogen) atoms. The molecular formula is C59H49BN2O2S. The lowest BCUT2D eigenvalue weighted by Gasteiger charge is -2.24. The predicted octanol–water partition coefficient (Wildman–Crippen LogP) is 14.9. The van der Waals surface area contributed by atoms with Gasteiger partial charge in [-0.3, -0.25) is 0 Å². The van der Waals surface area contributed by atoms with Gasteiger partial charge in [-0.2, -0.15) is 0 Å². The highest BCUT2D eigenvalue weighted by molar-refractivity contribution is 8.00. The van der Waals surface area contributed by atoms with Gasteiger partial charge in [-0.1, -0.05) is 138 Å². The molecule has 0 spiro atoms. The number of benzene rings is 8. The van der Waals surface area contributed by atoms with Gasteiger partial charge in [0.05, 0.1) is 5.52 Å². The van der Waals surface area contributed by atoms with E-state index in [1.165, 1.54) is 71.1 Å². The monoisotopic (exact) mass is 860 g/mol. The summed E-state index contributed by atoms with van der Waals surface area (Å²) in [5.74, 6) is 0. The Morgan fingerprint density at radius 1 is 0.585 bits per heavy atom. The van der Waals surface area contributed by atoms with E-state index in [-0.39, 0.29) is 15.6 Å². The van der Waals surface area contributed by atoms with E-state index in [4.69, 9.17) is 8.83 Å². The van der Waals surface area contributed by atoms with Crippen molar-refractivity contribution in [2.75, 3.05) is 5.32 Å². The van der Waals surface area contributed by atoms with Gasteiger partial charge in [0.15, 0.2) is 7.28 Å². The van der Waals surface area contributed by atoms with Crippen molar-refractivity contribution in [1.29, 1.82) is 0 Å². The number of rotatable bonds is 4. The summed E-state index contributed by atoms with van der Waals surface area (Å²) >= 11 is 2.01. The fourth-order valence-corrected chi connectivity index (χ4v) is 12.3. The Labute approximate surface area is 383 Å². The topological polar surface area (TPSA) is 43.2 Å². The molecule has 2 aliphatic rings. The predicted molar refractivity (Wildman–Crippen MR) is 278 cm³/mol. The van der Waals surface area contributed by atoms with Crippen LogP contribution in [0.15, 0.2) is 159 Å². The number of anilines is 2. The van der Waals surface area contributed by atoms with Crippen molar-refractivity contribution in [1.82, 2.24) is 4.57 Å². The molecule has 8 aromatic carbocycles. The fourth-order valence-electron chi connectivity index (χ4n) is 10.9. The summed E-state index contributed by atoms with van der Waals surface area (Å²) in [6.07, 6.45) is 0.990. The van der Waals surface area contributed by atoms with Crippen molar-refractivity contribution in [3.8, 4) is 16.8 Å². The zero-order chi connectivity index (χ0) is 44.1. The van der Waals surface area contributed by atoms with Crippen LogP contribution < -0.4 is 16.2 Å². The summed E-state index contributed by atoms with van der Waals surface area (Å²) in [5.41, 5.74) is 19.9. The van der Waals surface area contributed by atoms with Crippen LogP contribution in [0.25, 0.3) is 82.5 Å². The Morgan fingerprint density at radius 2 is 1.26 bits per heavy atom. The molecule has 3 aromatic heterocycles. The zero-order valence-electron chi connectivity index (χ0n) is 37.9. The zero-order valence-corrected chi connectivity index (χ0v) is 38.8. The lowest BCUT2D eigenvalue weighted by molar-refractivity contribution is 0.587. The van der Waals surface area contributed by atoms with Gasteiger partial charge in [0, 0.05) is 70.1 Å². The number of hydrogen-bond donors (Lipinski definition) is 1. The second kappa shape index (κ2) is 13.5. The third-order valence-corrected chi connectivity index (χ3v) is 15.9. The number of thioether (sulfide) groups is 1. The Kier molecular flexibility index (Phi) is 8.04.